The Morgan fingerprint density at radius 2 is 2.25 bits per heavy atom. The number of aromatic nitrogens is 3. The van der Waals surface area contributed by atoms with Gasteiger partial charge in [-0.15, -0.1) is 0 Å². The van der Waals surface area contributed by atoms with E-state index in [4.69, 9.17) is 0 Å². The molecule has 5 heteroatoms. The predicted molar refractivity (Wildman–Crippen MR) is 63.2 cm³/mol. The van der Waals surface area contributed by atoms with Crippen LogP contribution in [0.5, 0.6) is 0 Å². The fourth-order valence-corrected chi connectivity index (χ4v) is 2.08. The first-order chi connectivity index (χ1) is 7.77. The number of hydrogen-bond acceptors (Lipinski definition) is 4. The van der Waals surface area contributed by atoms with Crippen LogP contribution in [-0.2, 0) is 6.54 Å². The summed E-state index contributed by atoms with van der Waals surface area (Å²) in [5, 5.41) is 7.68. The van der Waals surface area contributed by atoms with Gasteiger partial charge in [0, 0.05) is 19.1 Å². The molecule has 0 radical (unpaired) electrons. The maximum Gasteiger partial charge on any atom is 0.141 e. The minimum atomic E-state index is 0.391. The Labute approximate surface area is 96.8 Å². The number of hydrogen-bond donors (Lipinski definition) is 1. The molecular weight excluding hydrogens is 202 g/mol. The molecule has 2 heterocycles. The van der Waals surface area contributed by atoms with Crippen LogP contribution in [-0.4, -0.2) is 45.8 Å². The van der Waals surface area contributed by atoms with Gasteiger partial charge in [-0.1, -0.05) is 0 Å². The smallest absolute Gasteiger partial charge is 0.141 e. The Kier molecular flexibility index (Phi) is 3.90. The van der Waals surface area contributed by atoms with Gasteiger partial charge in [0.15, 0.2) is 0 Å². The first kappa shape index (κ1) is 11.5. The van der Waals surface area contributed by atoms with Crippen LogP contribution in [0.4, 0.5) is 0 Å². The van der Waals surface area contributed by atoms with Crippen LogP contribution in [0.2, 0.25) is 0 Å². The first-order valence-corrected chi connectivity index (χ1v) is 6.09. The standard InChI is InChI=1S/C11H21N5/c1-10(2)16-11(13-9-14-16)8-15-6-3-4-12-5-7-15/h9-10,12H,3-8H2,1-2H3. The van der Waals surface area contributed by atoms with E-state index in [1.807, 2.05) is 4.68 Å². The van der Waals surface area contributed by atoms with E-state index in [2.05, 4.69) is 34.1 Å². The Balaban J connectivity index is 1.99. The summed E-state index contributed by atoms with van der Waals surface area (Å²) in [6.45, 7) is 9.66. The molecule has 1 aromatic heterocycles. The Morgan fingerprint density at radius 3 is 3.06 bits per heavy atom. The SMILES string of the molecule is CC(C)n1ncnc1CN1CCCNCC1. The fourth-order valence-electron chi connectivity index (χ4n) is 2.08. The van der Waals surface area contributed by atoms with Crippen LogP contribution < -0.4 is 5.32 Å². The third-order valence-corrected chi connectivity index (χ3v) is 2.93. The highest BCUT2D eigenvalue weighted by Crippen LogP contribution is 2.08. The zero-order valence-electron chi connectivity index (χ0n) is 10.2. The van der Waals surface area contributed by atoms with Crippen molar-refractivity contribution in [2.45, 2.75) is 32.9 Å². The summed E-state index contributed by atoms with van der Waals surface area (Å²) in [5.74, 6) is 1.08. The van der Waals surface area contributed by atoms with E-state index in [0.29, 0.717) is 6.04 Å². The lowest BCUT2D eigenvalue weighted by atomic mass is 10.3. The second-order valence-electron chi connectivity index (χ2n) is 4.59. The molecule has 1 saturated heterocycles. The normalized spacial score (nSPS) is 18.9. The van der Waals surface area contributed by atoms with Crippen LogP contribution >= 0.6 is 0 Å². The largest absolute Gasteiger partial charge is 0.315 e. The molecular formula is C11H21N5. The van der Waals surface area contributed by atoms with E-state index < -0.39 is 0 Å². The minimum Gasteiger partial charge on any atom is -0.315 e. The number of nitrogens with zero attached hydrogens (tertiary/aromatic N) is 4. The monoisotopic (exact) mass is 223 g/mol. The summed E-state index contributed by atoms with van der Waals surface area (Å²) in [7, 11) is 0. The Morgan fingerprint density at radius 1 is 1.38 bits per heavy atom. The summed E-state index contributed by atoms with van der Waals surface area (Å²) < 4.78 is 2.01. The zero-order valence-corrected chi connectivity index (χ0v) is 10.2. The molecule has 5 nitrogen and oxygen atoms in total. The van der Waals surface area contributed by atoms with Gasteiger partial charge in [0.25, 0.3) is 0 Å². The molecule has 1 aliphatic rings. The van der Waals surface area contributed by atoms with Crippen LogP contribution in [0.1, 0.15) is 32.1 Å². The lowest BCUT2D eigenvalue weighted by Crippen LogP contribution is -2.29. The lowest BCUT2D eigenvalue weighted by molar-refractivity contribution is 0.268. The van der Waals surface area contributed by atoms with Gasteiger partial charge in [-0.2, -0.15) is 5.10 Å². The summed E-state index contributed by atoms with van der Waals surface area (Å²) in [4.78, 5) is 6.80. The molecule has 1 aromatic rings. The van der Waals surface area contributed by atoms with Crippen molar-refractivity contribution >= 4 is 0 Å². The van der Waals surface area contributed by atoms with Gasteiger partial charge in [-0.05, 0) is 33.4 Å². The van der Waals surface area contributed by atoms with Crippen molar-refractivity contribution in [2.75, 3.05) is 26.2 Å². The maximum absolute atomic E-state index is 4.35. The zero-order chi connectivity index (χ0) is 11.4. The summed E-state index contributed by atoms with van der Waals surface area (Å²) >= 11 is 0. The molecule has 2 rings (SSSR count). The van der Waals surface area contributed by atoms with Crippen LogP contribution in [0, 0.1) is 0 Å². The van der Waals surface area contributed by atoms with Gasteiger partial charge in [0.1, 0.15) is 12.2 Å². The molecule has 1 aliphatic heterocycles. The summed E-state index contributed by atoms with van der Waals surface area (Å²) in [6, 6.07) is 0.391. The molecule has 0 atom stereocenters. The third-order valence-electron chi connectivity index (χ3n) is 2.93. The quantitative estimate of drug-likeness (QED) is 0.817. The van der Waals surface area contributed by atoms with Crippen molar-refractivity contribution in [2.24, 2.45) is 0 Å². The van der Waals surface area contributed by atoms with Gasteiger partial charge in [-0.3, -0.25) is 4.90 Å². The summed E-state index contributed by atoms with van der Waals surface area (Å²) in [5.41, 5.74) is 0. The van der Waals surface area contributed by atoms with Crippen molar-refractivity contribution in [3.63, 3.8) is 0 Å². The van der Waals surface area contributed by atoms with E-state index in [9.17, 15) is 0 Å². The molecule has 0 aliphatic carbocycles. The molecule has 0 spiro atoms. The van der Waals surface area contributed by atoms with Gasteiger partial charge < -0.3 is 5.32 Å². The fraction of sp³-hybridized carbons (Fsp3) is 0.818. The number of nitrogens with one attached hydrogen (secondary N) is 1. The number of rotatable bonds is 3. The molecule has 0 aromatic carbocycles. The molecule has 1 N–H and O–H groups in total. The molecule has 1 fully saturated rings. The van der Waals surface area contributed by atoms with E-state index in [1.165, 1.54) is 6.42 Å². The second-order valence-corrected chi connectivity index (χ2v) is 4.59. The van der Waals surface area contributed by atoms with Crippen molar-refractivity contribution < 1.29 is 0 Å². The topological polar surface area (TPSA) is 46.0 Å². The van der Waals surface area contributed by atoms with Crippen molar-refractivity contribution in [1.29, 1.82) is 0 Å². The van der Waals surface area contributed by atoms with Gasteiger partial charge in [0.05, 0.1) is 6.54 Å². The lowest BCUT2D eigenvalue weighted by Gasteiger charge is -2.19. The van der Waals surface area contributed by atoms with Gasteiger partial charge in [-0.25, -0.2) is 9.67 Å². The van der Waals surface area contributed by atoms with E-state index in [0.717, 1.165) is 38.5 Å². The Hall–Kier alpha value is -0.940. The van der Waals surface area contributed by atoms with E-state index in [1.54, 1.807) is 6.33 Å². The molecule has 0 bridgehead atoms. The van der Waals surface area contributed by atoms with Gasteiger partial charge >= 0.3 is 0 Å². The average molecular weight is 223 g/mol. The van der Waals surface area contributed by atoms with Crippen molar-refractivity contribution in [3.8, 4) is 0 Å². The summed E-state index contributed by atoms with van der Waals surface area (Å²) in [6.07, 6.45) is 2.88. The van der Waals surface area contributed by atoms with Crippen LogP contribution in [0.15, 0.2) is 6.33 Å². The first-order valence-electron chi connectivity index (χ1n) is 6.09. The second kappa shape index (κ2) is 5.41. The average Bonchev–Trinajstić information content (AvgIpc) is 2.55. The van der Waals surface area contributed by atoms with E-state index in [-0.39, 0.29) is 0 Å². The highest BCUT2D eigenvalue weighted by molar-refractivity contribution is 4.87. The van der Waals surface area contributed by atoms with E-state index >= 15 is 0 Å². The predicted octanol–water partition coefficient (Wildman–Crippen LogP) is 0.654. The molecule has 0 amide bonds. The molecule has 0 saturated carbocycles. The molecule has 16 heavy (non-hydrogen) atoms. The highest BCUT2D eigenvalue weighted by Gasteiger charge is 2.13. The molecule has 0 unspecified atom stereocenters. The van der Waals surface area contributed by atoms with Crippen molar-refractivity contribution in [3.05, 3.63) is 12.2 Å². The highest BCUT2D eigenvalue weighted by atomic mass is 15.4. The third kappa shape index (κ3) is 2.80. The van der Waals surface area contributed by atoms with Gasteiger partial charge in [0.2, 0.25) is 0 Å². The van der Waals surface area contributed by atoms with Crippen LogP contribution in [0.25, 0.3) is 0 Å². The molecule has 90 valence electrons. The van der Waals surface area contributed by atoms with Crippen molar-refractivity contribution in [1.82, 2.24) is 25.0 Å². The maximum atomic E-state index is 4.35. The Bertz CT molecular complexity index is 312. The van der Waals surface area contributed by atoms with Crippen LogP contribution in [0.3, 0.4) is 0 Å². The minimum absolute atomic E-state index is 0.391.